The van der Waals surface area contributed by atoms with E-state index in [1.165, 1.54) is 31.2 Å². The molecule has 2 atom stereocenters. The van der Waals surface area contributed by atoms with Gasteiger partial charge in [-0.1, -0.05) is 43.2 Å². The molecule has 112 valence electrons. The van der Waals surface area contributed by atoms with Gasteiger partial charge in [-0.25, -0.2) is 0 Å². The summed E-state index contributed by atoms with van der Waals surface area (Å²) in [7, 11) is 0. The Morgan fingerprint density at radius 1 is 1.10 bits per heavy atom. The van der Waals surface area contributed by atoms with E-state index in [9.17, 15) is 0 Å². The molecule has 1 aliphatic carbocycles. The van der Waals surface area contributed by atoms with Gasteiger partial charge >= 0.3 is 0 Å². The molecule has 1 fully saturated rings. The first-order valence-electron chi connectivity index (χ1n) is 7.88. The van der Waals surface area contributed by atoms with Crippen LogP contribution >= 0.6 is 0 Å². The lowest BCUT2D eigenvalue weighted by Crippen LogP contribution is -2.38. The van der Waals surface area contributed by atoms with Gasteiger partial charge in [-0.15, -0.1) is 0 Å². The van der Waals surface area contributed by atoms with Crippen LogP contribution in [0.4, 0.5) is 0 Å². The van der Waals surface area contributed by atoms with Gasteiger partial charge in [-0.2, -0.15) is 0 Å². The van der Waals surface area contributed by atoms with Crippen LogP contribution in [0.25, 0.3) is 0 Å². The Morgan fingerprint density at radius 3 is 2.70 bits per heavy atom. The van der Waals surface area contributed by atoms with Crippen molar-refractivity contribution in [2.75, 3.05) is 26.4 Å². The summed E-state index contributed by atoms with van der Waals surface area (Å²) in [6.07, 6.45) is 6.26. The molecular formula is C17H27NO2. The van der Waals surface area contributed by atoms with Crippen molar-refractivity contribution in [1.82, 2.24) is 5.32 Å². The van der Waals surface area contributed by atoms with E-state index in [4.69, 9.17) is 9.84 Å². The average molecular weight is 277 g/mol. The Balaban J connectivity index is 1.76. The van der Waals surface area contributed by atoms with E-state index < -0.39 is 0 Å². The Hall–Kier alpha value is -0.900. The number of hydrogen-bond donors (Lipinski definition) is 2. The zero-order valence-corrected chi connectivity index (χ0v) is 12.3. The van der Waals surface area contributed by atoms with Crippen LogP contribution in [0.5, 0.6) is 0 Å². The smallest absolute Gasteiger partial charge is 0.0697 e. The first-order chi connectivity index (χ1) is 9.92. The molecule has 2 rings (SSSR count). The molecule has 0 spiro atoms. The summed E-state index contributed by atoms with van der Waals surface area (Å²) in [5.41, 5.74) is 1.47. The zero-order valence-electron chi connectivity index (χ0n) is 12.3. The predicted molar refractivity (Wildman–Crippen MR) is 82.0 cm³/mol. The summed E-state index contributed by atoms with van der Waals surface area (Å²) in [5.74, 6) is 0.656. The molecule has 0 bridgehead atoms. The Bertz CT molecular complexity index is 355. The van der Waals surface area contributed by atoms with E-state index in [0.29, 0.717) is 18.6 Å². The van der Waals surface area contributed by atoms with Crippen LogP contribution in [0.3, 0.4) is 0 Å². The third kappa shape index (κ3) is 4.89. The lowest BCUT2D eigenvalue weighted by Gasteiger charge is -2.33. The fourth-order valence-corrected chi connectivity index (χ4v) is 3.10. The van der Waals surface area contributed by atoms with Crippen molar-refractivity contribution >= 4 is 0 Å². The summed E-state index contributed by atoms with van der Waals surface area (Å²) < 4.78 is 5.29. The van der Waals surface area contributed by atoms with Crippen LogP contribution < -0.4 is 5.32 Å². The lowest BCUT2D eigenvalue weighted by molar-refractivity contribution is 0.0900. The fourth-order valence-electron chi connectivity index (χ4n) is 3.10. The number of benzene rings is 1. The van der Waals surface area contributed by atoms with Gasteiger partial charge in [-0.05, 0) is 37.3 Å². The van der Waals surface area contributed by atoms with Crippen molar-refractivity contribution < 1.29 is 9.84 Å². The first-order valence-corrected chi connectivity index (χ1v) is 7.88. The highest BCUT2D eigenvalue weighted by Crippen LogP contribution is 2.32. The second-order valence-electron chi connectivity index (χ2n) is 5.55. The summed E-state index contributed by atoms with van der Waals surface area (Å²) in [6, 6.07) is 11.5. The maximum absolute atomic E-state index is 8.65. The van der Waals surface area contributed by atoms with E-state index in [1.807, 2.05) is 0 Å². The highest BCUT2D eigenvalue weighted by Gasteiger charge is 2.25. The second-order valence-corrected chi connectivity index (χ2v) is 5.55. The van der Waals surface area contributed by atoms with Gasteiger partial charge in [0, 0.05) is 12.6 Å². The molecular weight excluding hydrogens is 250 g/mol. The summed E-state index contributed by atoms with van der Waals surface area (Å²) >= 11 is 0. The van der Waals surface area contributed by atoms with Gasteiger partial charge in [0.1, 0.15) is 0 Å². The van der Waals surface area contributed by atoms with Crippen molar-refractivity contribution in [2.45, 2.75) is 44.1 Å². The maximum Gasteiger partial charge on any atom is 0.0697 e. The molecule has 3 heteroatoms. The summed E-state index contributed by atoms with van der Waals surface area (Å²) in [6.45, 7) is 2.30. The van der Waals surface area contributed by atoms with Crippen molar-refractivity contribution in [3.63, 3.8) is 0 Å². The summed E-state index contributed by atoms with van der Waals surface area (Å²) in [4.78, 5) is 0. The number of rotatable bonds is 8. The molecule has 1 aromatic carbocycles. The number of ether oxygens (including phenoxy) is 1. The SMILES string of the molecule is OCCOCCCNC1CCCCC1c1ccccc1. The van der Waals surface area contributed by atoms with Crippen LogP contribution in [0.1, 0.15) is 43.6 Å². The molecule has 0 aromatic heterocycles. The van der Waals surface area contributed by atoms with Gasteiger partial charge in [0.15, 0.2) is 0 Å². The molecule has 1 aromatic rings. The standard InChI is InChI=1S/C17H27NO2/c19-12-14-20-13-6-11-18-17-10-5-4-9-16(17)15-7-2-1-3-8-15/h1-3,7-8,16-19H,4-6,9-14H2. The van der Waals surface area contributed by atoms with Gasteiger partial charge in [-0.3, -0.25) is 0 Å². The number of aliphatic hydroxyl groups excluding tert-OH is 1. The third-order valence-corrected chi connectivity index (χ3v) is 4.10. The van der Waals surface area contributed by atoms with Crippen molar-refractivity contribution in [3.05, 3.63) is 35.9 Å². The van der Waals surface area contributed by atoms with E-state index >= 15 is 0 Å². The predicted octanol–water partition coefficient (Wildman–Crippen LogP) is 2.70. The zero-order chi connectivity index (χ0) is 14.0. The molecule has 0 saturated heterocycles. The number of nitrogens with one attached hydrogen (secondary N) is 1. The topological polar surface area (TPSA) is 41.5 Å². The molecule has 0 radical (unpaired) electrons. The van der Waals surface area contributed by atoms with Crippen LogP contribution in [0, 0.1) is 0 Å². The Kier molecular flexibility index (Phi) is 7.06. The molecule has 3 nitrogen and oxygen atoms in total. The molecule has 2 N–H and O–H groups in total. The van der Waals surface area contributed by atoms with Crippen LogP contribution in [-0.4, -0.2) is 37.5 Å². The monoisotopic (exact) mass is 277 g/mol. The quantitative estimate of drug-likeness (QED) is 0.718. The second kappa shape index (κ2) is 9.11. The van der Waals surface area contributed by atoms with Gasteiger partial charge in [0.05, 0.1) is 13.2 Å². The van der Waals surface area contributed by atoms with E-state index in [2.05, 4.69) is 35.6 Å². The van der Waals surface area contributed by atoms with E-state index in [-0.39, 0.29) is 6.61 Å². The van der Waals surface area contributed by atoms with Crippen LogP contribution in [0.2, 0.25) is 0 Å². The van der Waals surface area contributed by atoms with Gasteiger partial charge < -0.3 is 15.2 Å². The minimum absolute atomic E-state index is 0.117. The van der Waals surface area contributed by atoms with Crippen molar-refractivity contribution in [3.8, 4) is 0 Å². The molecule has 0 amide bonds. The van der Waals surface area contributed by atoms with Gasteiger partial charge in [0.25, 0.3) is 0 Å². The van der Waals surface area contributed by atoms with E-state index in [1.54, 1.807) is 0 Å². The lowest BCUT2D eigenvalue weighted by atomic mass is 9.80. The average Bonchev–Trinajstić information content (AvgIpc) is 2.52. The highest BCUT2D eigenvalue weighted by molar-refractivity contribution is 5.21. The first kappa shape index (κ1) is 15.5. The fraction of sp³-hybridized carbons (Fsp3) is 0.647. The van der Waals surface area contributed by atoms with Crippen molar-refractivity contribution in [2.24, 2.45) is 0 Å². The van der Waals surface area contributed by atoms with Crippen molar-refractivity contribution in [1.29, 1.82) is 0 Å². The molecule has 20 heavy (non-hydrogen) atoms. The summed E-state index contributed by atoms with van der Waals surface area (Å²) in [5, 5.41) is 12.4. The highest BCUT2D eigenvalue weighted by atomic mass is 16.5. The molecule has 1 aliphatic rings. The number of aliphatic hydroxyl groups is 1. The van der Waals surface area contributed by atoms with E-state index in [0.717, 1.165) is 19.6 Å². The molecule has 2 unspecified atom stereocenters. The minimum Gasteiger partial charge on any atom is -0.394 e. The Morgan fingerprint density at radius 2 is 1.90 bits per heavy atom. The largest absolute Gasteiger partial charge is 0.394 e. The van der Waals surface area contributed by atoms with Gasteiger partial charge in [0.2, 0.25) is 0 Å². The Labute approximate surface area is 122 Å². The minimum atomic E-state index is 0.117. The molecule has 0 aliphatic heterocycles. The molecule has 1 saturated carbocycles. The van der Waals surface area contributed by atoms with Crippen LogP contribution in [0.15, 0.2) is 30.3 Å². The normalized spacial score (nSPS) is 22.9. The third-order valence-electron chi connectivity index (χ3n) is 4.10. The maximum atomic E-state index is 8.65. The van der Waals surface area contributed by atoms with Crippen LogP contribution in [-0.2, 0) is 4.74 Å². The number of hydrogen-bond acceptors (Lipinski definition) is 3. The molecule has 0 heterocycles.